The van der Waals surface area contributed by atoms with Gasteiger partial charge in [0.1, 0.15) is 0 Å². The summed E-state index contributed by atoms with van der Waals surface area (Å²) in [6.07, 6.45) is 12.1. The maximum atomic E-state index is 11.8. The van der Waals surface area contributed by atoms with E-state index in [1.165, 1.54) is 51.4 Å². The van der Waals surface area contributed by atoms with E-state index in [0.29, 0.717) is 6.61 Å². The molecule has 1 saturated carbocycles. The summed E-state index contributed by atoms with van der Waals surface area (Å²) in [4.78, 5) is 0. The first-order valence-corrected chi connectivity index (χ1v) is 7.00. The van der Waals surface area contributed by atoms with Gasteiger partial charge < -0.3 is 4.74 Å². The molecule has 0 aliphatic heterocycles. The molecule has 0 amide bonds. The van der Waals surface area contributed by atoms with Crippen molar-refractivity contribution in [1.82, 2.24) is 0 Å². The van der Waals surface area contributed by atoms with Gasteiger partial charge in [-0.3, -0.25) is 0 Å². The largest absolute Gasteiger partial charge is 0.350 e. The predicted octanol–water partition coefficient (Wildman–Crippen LogP) is 4.71. The molecule has 0 aromatic rings. The lowest BCUT2D eigenvalue weighted by atomic mass is 9.78. The quantitative estimate of drug-likeness (QED) is 0.549. The van der Waals surface area contributed by atoms with Crippen LogP contribution in [0.5, 0.6) is 0 Å². The van der Waals surface area contributed by atoms with Gasteiger partial charge in [-0.2, -0.15) is 0 Å². The molecule has 0 atom stereocenters. The van der Waals surface area contributed by atoms with Gasteiger partial charge in [0.2, 0.25) is 0 Å². The van der Waals surface area contributed by atoms with Crippen LogP contribution in [-0.4, -0.2) is 13.5 Å². The minimum Gasteiger partial charge on any atom is -0.350 e. The fraction of sp³-hybridized carbons (Fsp3) is 1.00. The summed E-state index contributed by atoms with van der Waals surface area (Å²) in [5, 5.41) is 0. The van der Waals surface area contributed by atoms with Crippen LogP contribution in [0.3, 0.4) is 0 Å². The summed E-state index contributed by atoms with van der Waals surface area (Å²) in [6, 6.07) is 0. The maximum absolute atomic E-state index is 11.8. The molecule has 0 unspecified atom stereocenters. The lowest BCUT2D eigenvalue weighted by Crippen LogP contribution is -2.16. The first-order valence-electron chi connectivity index (χ1n) is 7.00. The molecule has 1 nitrogen and oxygen atoms in total. The van der Waals surface area contributed by atoms with Crippen molar-refractivity contribution >= 4 is 0 Å². The molecule has 0 heterocycles. The van der Waals surface area contributed by atoms with E-state index >= 15 is 0 Å². The topological polar surface area (TPSA) is 9.23 Å². The first-order chi connectivity index (χ1) is 7.86. The summed E-state index contributed by atoms with van der Waals surface area (Å²) in [5.41, 5.74) is 0. The molecule has 0 aromatic heterocycles. The second kappa shape index (κ2) is 8.98. The van der Waals surface area contributed by atoms with E-state index in [-0.39, 0.29) is 0 Å². The molecule has 1 fully saturated rings. The first kappa shape index (κ1) is 14.0. The van der Waals surface area contributed by atoms with Crippen molar-refractivity contribution in [3.8, 4) is 0 Å². The van der Waals surface area contributed by atoms with Crippen LogP contribution in [-0.2, 0) is 4.74 Å². The minimum absolute atomic E-state index is 0.613. The van der Waals surface area contributed by atoms with E-state index in [9.17, 15) is 4.39 Å². The monoisotopic (exact) mass is 230 g/mol. The van der Waals surface area contributed by atoms with E-state index in [1.807, 2.05) is 0 Å². The van der Waals surface area contributed by atoms with Crippen LogP contribution in [0.15, 0.2) is 0 Å². The third-order valence-electron chi connectivity index (χ3n) is 3.93. The maximum Gasteiger partial charge on any atom is 0.188 e. The molecule has 2 heteroatoms. The van der Waals surface area contributed by atoms with Gasteiger partial charge in [-0.25, -0.2) is 4.39 Å². The van der Waals surface area contributed by atoms with Crippen molar-refractivity contribution in [2.75, 3.05) is 13.5 Å². The van der Waals surface area contributed by atoms with Gasteiger partial charge in [0.15, 0.2) is 6.86 Å². The Bertz CT molecular complexity index is 135. The van der Waals surface area contributed by atoms with Gasteiger partial charge in [0, 0.05) is 0 Å². The predicted molar refractivity (Wildman–Crippen MR) is 66.1 cm³/mol. The third kappa shape index (κ3) is 5.83. The standard InChI is InChI=1S/C14H27FO/c1-2-3-4-5-13-6-8-14(9-7-13)10-11-16-12-15/h13-14H,2-12H2,1H3. The summed E-state index contributed by atoms with van der Waals surface area (Å²) < 4.78 is 16.5. The average Bonchev–Trinajstić information content (AvgIpc) is 2.32. The van der Waals surface area contributed by atoms with Crippen LogP contribution in [0, 0.1) is 11.8 Å². The highest BCUT2D eigenvalue weighted by Gasteiger charge is 2.20. The summed E-state index contributed by atoms with van der Waals surface area (Å²) in [6.45, 7) is 2.26. The molecule has 1 aliphatic carbocycles. The number of unbranched alkanes of at least 4 members (excludes halogenated alkanes) is 2. The smallest absolute Gasteiger partial charge is 0.188 e. The molecule has 96 valence electrons. The normalized spacial score (nSPS) is 25.9. The fourth-order valence-corrected chi connectivity index (χ4v) is 2.80. The Morgan fingerprint density at radius 2 is 1.62 bits per heavy atom. The Labute approximate surface area is 99.8 Å². The Balaban J connectivity index is 2.00. The van der Waals surface area contributed by atoms with E-state index in [1.54, 1.807) is 0 Å². The summed E-state index contributed by atoms with van der Waals surface area (Å²) in [5.74, 6) is 1.78. The van der Waals surface area contributed by atoms with Gasteiger partial charge in [0.25, 0.3) is 0 Å². The van der Waals surface area contributed by atoms with Crippen LogP contribution in [0.4, 0.5) is 4.39 Å². The lowest BCUT2D eigenvalue weighted by Gasteiger charge is -2.28. The van der Waals surface area contributed by atoms with Crippen LogP contribution in [0.25, 0.3) is 0 Å². The molecule has 16 heavy (non-hydrogen) atoms. The lowest BCUT2D eigenvalue weighted by molar-refractivity contribution is 0.0451. The molecule has 1 rings (SSSR count). The number of rotatable bonds is 8. The molecular formula is C14H27FO. The van der Waals surface area contributed by atoms with Crippen molar-refractivity contribution < 1.29 is 9.13 Å². The minimum atomic E-state index is -0.619. The van der Waals surface area contributed by atoms with E-state index in [0.717, 1.165) is 18.3 Å². The molecular weight excluding hydrogens is 203 g/mol. The zero-order chi connectivity index (χ0) is 11.6. The second-order valence-electron chi connectivity index (χ2n) is 5.19. The van der Waals surface area contributed by atoms with Gasteiger partial charge in [-0.1, -0.05) is 58.3 Å². The van der Waals surface area contributed by atoms with E-state index in [4.69, 9.17) is 4.74 Å². The molecule has 0 saturated heterocycles. The number of alkyl halides is 1. The SMILES string of the molecule is CCCCCC1CCC(CCOCF)CC1. The van der Waals surface area contributed by atoms with Crippen molar-refractivity contribution in [2.24, 2.45) is 11.8 Å². The van der Waals surface area contributed by atoms with Crippen LogP contribution in [0.1, 0.15) is 64.7 Å². The highest BCUT2D eigenvalue weighted by atomic mass is 19.1. The van der Waals surface area contributed by atoms with Crippen molar-refractivity contribution in [1.29, 1.82) is 0 Å². The van der Waals surface area contributed by atoms with Gasteiger partial charge in [-0.15, -0.1) is 0 Å². The number of ether oxygens (including phenoxy) is 1. The molecule has 0 spiro atoms. The van der Waals surface area contributed by atoms with Crippen molar-refractivity contribution in [2.45, 2.75) is 64.7 Å². The molecule has 1 aliphatic rings. The Morgan fingerprint density at radius 1 is 1.00 bits per heavy atom. The van der Waals surface area contributed by atoms with Crippen molar-refractivity contribution in [3.05, 3.63) is 0 Å². The number of hydrogen-bond donors (Lipinski definition) is 0. The van der Waals surface area contributed by atoms with Gasteiger partial charge in [0.05, 0.1) is 6.61 Å². The van der Waals surface area contributed by atoms with Crippen LogP contribution >= 0.6 is 0 Å². The zero-order valence-electron chi connectivity index (χ0n) is 10.7. The second-order valence-corrected chi connectivity index (χ2v) is 5.19. The molecule has 0 bridgehead atoms. The van der Waals surface area contributed by atoms with Crippen LogP contribution < -0.4 is 0 Å². The summed E-state index contributed by atoms with van der Waals surface area (Å²) >= 11 is 0. The summed E-state index contributed by atoms with van der Waals surface area (Å²) in [7, 11) is 0. The third-order valence-corrected chi connectivity index (χ3v) is 3.93. The van der Waals surface area contributed by atoms with E-state index < -0.39 is 6.86 Å². The molecule has 0 N–H and O–H groups in total. The zero-order valence-corrected chi connectivity index (χ0v) is 10.7. The average molecular weight is 230 g/mol. The fourth-order valence-electron chi connectivity index (χ4n) is 2.80. The Morgan fingerprint density at radius 3 is 2.19 bits per heavy atom. The Hall–Kier alpha value is -0.110. The Kier molecular flexibility index (Phi) is 7.83. The molecule has 0 aromatic carbocycles. The molecule has 0 radical (unpaired) electrons. The number of halogens is 1. The highest BCUT2D eigenvalue weighted by Crippen LogP contribution is 2.33. The van der Waals surface area contributed by atoms with Crippen molar-refractivity contribution in [3.63, 3.8) is 0 Å². The van der Waals surface area contributed by atoms with E-state index in [2.05, 4.69) is 6.92 Å². The highest BCUT2D eigenvalue weighted by molar-refractivity contribution is 4.72. The van der Waals surface area contributed by atoms with Gasteiger partial charge >= 0.3 is 0 Å². The van der Waals surface area contributed by atoms with Gasteiger partial charge in [-0.05, 0) is 18.3 Å². The van der Waals surface area contributed by atoms with Crippen LogP contribution in [0.2, 0.25) is 0 Å². The number of hydrogen-bond acceptors (Lipinski definition) is 1.